The number of amides is 1. The standard InChI is InChI=1S/C21H32FN3O2.2ClH/c22-18-6-4-17(5-7-18)19(25-10-12-27-13-11-25)15-24-20(26)14-21(16-23)8-2-1-3-9-21;;/h4-7,19H,1-3,8-16,23H2,(H,24,26);2*1H. The van der Waals surface area contributed by atoms with Gasteiger partial charge in [-0.3, -0.25) is 9.69 Å². The molecule has 2 fully saturated rings. The second-order valence-corrected chi connectivity index (χ2v) is 7.96. The molecule has 3 N–H and O–H groups in total. The van der Waals surface area contributed by atoms with Crippen molar-refractivity contribution in [2.75, 3.05) is 39.4 Å². The number of ether oxygens (including phenoxy) is 1. The molecule has 8 heteroatoms. The lowest BCUT2D eigenvalue weighted by molar-refractivity contribution is -0.124. The van der Waals surface area contributed by atoms with Gasteiger partial charge in [0.15, 0.2) is 0 Å². The van der Waals surface area contributed by atoms with Crippen LogP contribution in [0.4, 0.5) is 4.39 Å². The second-order valence-electron chi connectivity index (χ2n) is 7.96. The lowest BCUT2D eigenvalue weighted by Crippen LogP contribution is -2.45. The highest BCUT2D eigenvalue weighted by atomic mass is 35.5. The quantitative estimate of drug-likeness (QED) is 0.668. The zero-order valence-corrected chi connectivity index (χ0v) is 18.5. The molecule has 1 heterocycles. The summed E-state index contributed by atoms with van der Waals surface area (Å²) in [6.07, 6.45) is 6.16. The third kappa shape index (κ3) is 7.37. The first kappa shape index (κ1) is 26.1. The van der Waals surface area contributed by atoms with Crippen molar-refractivity contribution in [1.82, 2.24) is 10.2 Å². The largest absolute Gasteiger partial charge is 0.379 e. The number of nitrogens with two attached hydrogens (primary N) is 1. The highest BCUT2D eigenvalue weighted by Gasteiger charge is 2.33. The van der Waals surface area contributed by atoms with E-state index in [0.29, 0.717) is 32.7 Å². The Labute approximate surface area is 185 Å². The molecule has 1 aliphatic carbocycles. The van der Waals surface area contributed by atoms with Crippen LogP contribution in [0.5, 0.6) is 0 Å². The highest BCUT2D eigenvalue weighted by Crippen LogP contribution is 2.38. The second kappa shape index (κ2) is 12.7. The van der Waals surface area contributed by atoms with Crippen LogP contribution in [0, 0.1) is 11.2 Å². The van der Waals surface area contributed by atoms with Gasteiger partial charge in [0.2, 0.25) is 5.91 Å². The van der Waals surface area contributed by atoms with Crippen molar-refractivity contribution in [3.63, 3.8) is 0 Å². The van der Waals surface area contributed by atoms with Crippen LogP contribution in [0.1, 0.15) is 50.1 Å². The van der Waals surface area contributed by atoms with E-state index in [-0.39, 0.29) is 48.0 Å². The van der Waals surface area contributed by atoms with Gasteiger partial charge in [0.1, 0.15) is 5.82 Å². The van der Waals surface area contributed by atoms with Crippen LogP contribution in [0.15, 0.2) is 24.3 Å². The van der Waals surface area contributed by atoms with Gasteiger partial charge in [0.25, 0.3) is 0 Å². The minimum absolute atomic E-state index is 0. The van der Waals surface area contributed by atoms with Gasteiger partial charge >= 0.3 is 0 Å². The topological polar surface area (TPSA) is 67.6 Å². The molecule has 1 unspecified atom stereocenters. The van der Waals surface area contributed by atoms with Crippen molar-refractivity contribution in [2.45, 2.75) is 44.6 Å². The molecular formula is C21H34Cl2FN3O2. The molecule has 1 amide bonds. The van der Waals surface area contributed by atoms with Crippen LogP contribution in [0.2, 0.25) is 0 Å². The van der Waals surface area contributed by atoms with E-state index in [1.807, 2.05) is 12.1 Å². The normalized spacial score (nSPS) is 20.1. The molecule has 29 heavy (non-hydrogen) atoms. The van der Waals surface area contributed by atoms with E-state index >= 15 is 0 Å². The van der Waals surface area contributed by atoms with Crippen molar-refractivity contribution in [1.29, 1.82) is 0 Å². The van der Waals surface area contributed by atoms with Crippen molar-refractivity contribution in [3.05, 3.63) is 35.6 Å². The van der Waals surface area contributed by atoms with E-state index in [4.69, 9.17) is 10.5 Å². The van der Waals surface area contributed by atoms with Crippen LogP contribution in [-0.2, 0) is 9.53 Å². The number of carbonyl (C=O) groups is 1. The Morgan fingerprint density at radius 2 is 1.76 bits per heavy atom. The Morgan fingerprint density at radius 1 is 1.14 bits per heavy atom. The van der Waals surface area contributed by atoms with E-state index in [2.05, 4.69) is 10.2 Å². The fourth-order valence-electron chi connectivity index (χ4n) is 4.40. The predicted molar refractivity (Wildman–Crippen MR) is 118 cm³/mol. The van der Waals surface area contributed by atoms with Crippen molar-refractivity contribution >= 4 is 30.7 Å². The van der Waals surface area contributed by atoms with E-state index in [0.717, 1.165) is 44.3 Å². The molecule has 1 saturated carbocycles. The zero-order chi connectivity index (χ0) is 19.1. The number of halogens is 3. The molecule has 5 nitrogen and oxygen atoms in total. The molecule has 1 atom stereocenters. The molecule has 166 valence electrons. The summed E-state index contributed by atoms with van der Waals surface area (Å²) in [4.78, 5) is 15.0. The first-order chi connectivity index (χ1) is 13.1. The average Bonchev–Trinajstić information content (AvgIpc) is 2.71. The maximum Gasteiger partial charge on any atom is 0.220 e. The molecule has 0 spiro atoms. The number of rotatable bonds is 7. The summed E-state index contributed by atoms with van der Waals surface area (Å²) in [6, 6.07) is 6.61. The van der Waals surface area contributed by atoms with Gasteiger partial charge in [-0.25, -0.2) is 4.39 Å². The van der Waals surface area contributed by atoms with Gasteiger partial charge in [-0.15, -0.1) is 24.8 Å². The van der Waals surface area contributed by atoms with Crippen LogP contribution in [0.25, 0.3) is 0 Å². The smallest absolute Gasteiger partial charge is 0.220 e. The zero-order valence-electron chi connectivity index (χ0n) is 16.9. The number of nitrogens with zero attached hydrogens (tertiary/aromatic N) is 1. The molecular weight excluding hydrogens is 416 g/mol. The molecule has 1 saturated heterocycles. The van der Waals surface area contributed by atoms with E-state index < -0.39 is 0 Å². The van der Waals surface area contributed by atoms with Gasteiger partial charge in [-0.05, 0) is 42.5 Å². The molecule has 0 bridgehead atoms. The Balaban J connectivity index is 0.00000210. The predicted octanol–water partition coefficient (Wildman–Crippen LogP) is 3.46. The lowest BCUT2D eigenvalue weighted by Gasteiger charge is -2.37. The van der Waals surface area contributed by atoms with Crippen LogP contribution < -0.4 is 11.1 Å². The maximum absolute atomic E-state index is 13.3. The Kier molecular flexibility index (Phi) is 11.4. The Hall–Kier alpha value is -0.920. The third-order valence-corrected chi connectivity index (χ3v) is 6.12. The molecule has 1 aromatic carbocycles. The maximum atomic E-state index is 13.3. The SMILES string of the molecule is Cl.Cl.NCC1(CC(=O)NCC(c2ccc(F)cc2)N2CCOCC2)CCCCC1. The van der Waals surface area contributed by atoms with Crippen LogP contribution in [0.3, 0.4) is 0 Å². The summed E-state index contributed by atoms with van der Waals surface area (Å²) < 4.78 is 18.8. The average molecular weight is 450 g/mol. The summed E-state index contributed by atoms with van der Waals surface area (Å²) >= 11 is 0. The van der Waals surface area contributed by atoms with E-state index in [1.165, 1.54) is 18.6 Å². The first-order valence-electron chi connectivity index (χ1n) is 10.2. The summed E-state index contributed by atoms with van der Waals surface area (Å²) in [5.74, 6) is -0.173. The number of hydrogen-bond donors (Lipinski definition) is 2. The van der Waals surface area contributed by atoms with E-state index in [9.17, 15) is 9.18 Å². The van der Waals surface area contributed by atoms with Gasteiger partial charge in [0.05, 0.1) is 19.3 Å². The first-order valence-corrected chi connectivity index (χ1v) is 10.2. The minimum Gasteiger partial charge on any atom is -0.379 e. The fourth-order valence-corrected chi connectivity index (χ4v) is 4.40. The summed E-state index contributed by atoms with van der Waals surface area (Å²) in [7, 11) is 0. The number of morpholine rings is 1. The van der Waals surface area contributed by atoms with Gasteiger partial charge in [-0.2, -0.15) is 0 Å². The van der Waals surface area contributed by atoms with E-state index in [1.54, 1.807) is 0 Å². The number of benzene rings is 1. The van der Waals surface area contributed by atoms with Crippen molar-refractivity contribution < 1.29 is 13.9 Å². The minimum atomic E-state index is -0.245. The van der Waals surface area contributed by atoms with Crippen LogP contribution in [-0.4, -0.2) is 50.2 Å². The lowest BCUT2D eigenvalue weighted by atomic mass is 9.71. The summed E-state index contributed by atoms with van der Waals surface area (Å²) in [5, 5.41) is 3.13. The summed E-state index contributed by atoms with van der Waals surface area (Å²) in [6.45, 7) is 4.08. The van der Waals surface area contributed by atoms with Crippen molar-refractivity contribution in [2.24, 2.45) is 11.1 Å². The molecule has 1 aliphatic heterocycles. The number of nitrogens with one attached hydrogen (secondary N) is 1. The third-order valence-electron chi connectivity index (χ3n) is 6.12. The highest BCUT2D eigenvalue weighted by molar-refractivity contribution is 5.85. The molecule has 2 aliphatic rings. The van der Waals surface area contributed by atoms with Crippen molar-refractivity contribution in [3.8, 4) is 0 Å². The summed E-state index contributed by atoms with van der Waals surface area (Å²) in [5.41, 5.74) is 7.01. The van der Waals surface area contributed by atoms with Crippen LogP contribution >= 0.6 is 24.8 Å². The Morgan fingerprint density at radius 3 is 2.34 bits per heavy atom. The molecule has 1 aromatic rings. The molecule has 0 radical (unpaired) electrons. The number of hydrogen-bond acceptors (Lipinski definition) is 4. The number of carbonyl (C=O) groups excluding carboxylic acids is 1. The molecule has 0 aromatic heterocycles. The fraction of sp³-hybridized carbons (Fsp3) is 0.667. The van der Waals surface area contributed by atoms with Gasteiger partial charge < -0.3 is 15.8 Å². The monoisotopic (exact) mass is 449 g/mol. The van der Waals surface area contributed by atoms with Gasteiger partial charge in [0, 0.05) is 26.1 Å². The Bertz CT molecular complexity index is 606. The molecule has 3 rings (SSSR count). The van der Waals surface area contributed by atoms with Gasteiger partial charge in [-0.1, -0.05) is 31.4 Å².